The standard InChI is InChI=1S/C20H20N2O2/c1-24-15-9-6-13(7-10-15)20(23)21-14-8-11-19-17(12-14)16-4-2-3-5-18(16)22-19/h2-7,9-10,14,22H,8,11-12H2,1H3,(H,21,23)/t14-/m1/s1. The van der Waals surface area contributed by atoms with Crippen LogP contribution < -0.4 is 10.1 Å². The van der Waals surface area contributed by atoms with Crippen LogP contribution in [-0.2, 0) is 12.8 Å². The lowest BCUT2D eigenvalue weighted by Gasteiger charge is -2.23. The predicted molar refractivity (Wildman–Crippen MR) is 94.6 cm³/mol. The van der Waals surface area contributed by atoms with Gasteiger partial charge in [-0.15, -0.1) is 0 Å². The minimum atomic E-state index is -0.0223. The molecule has 0 spiro atoms. The van der Waals surface area contributed by atoms with E-state index in [2.05, 4.69) is 28.5 Å². The molecule has 4 heteroatoms. The summed E-state index contributed by atoms with van der Waals surface area (Å²) in [7, 11) is 1.62. The summed E-state index contributed by atoms with van der Waals surface area (Å²) in [6, 6.07) is 15.8. The quantitative estimate of drug-likeness (QED) is 0.776. The number of hydrogen-bond acceptors (Lipinski definition) is 2. The molecule has 4 rings (SSSR count). The Labute approximate surface area is 140 Å². The van der Waals surface area contributed by atoms with Crippen LogP contribution in [-0.4, -0.2) is 24.0 Å². The number of carbonyl (C=O) groups is 1. The van der Waals surface area contributed by atoms with Crippen LogP contribution in [0.2, 0.25) is 0 Å². The number of nitrogens with one attached hydrogen (secondary N) is 2. The Kier molecular flexibility index (Phi) is 3.73. The van der Waals surface area contributed by atoms with E-state index >= 15 is 0 Å². The van der Waals surface area contributed by atoms with Gasteiger partial charge in [-0.25, -0.2) is 0 Å². The molecular formula is C20H20N2O2. The van der Waals surface area contributed by atoms with Crippen LogP contribution in [0.1, 0.15) is 28.0 Å². The van der Waals surface area contributed by atoms with E-state index in [0.29, 0.717) is 5.56 Å². The van der Waals surface area contributed by atoms with Gasteiger partial charge in [0.15, 0.2) is 0 Å². The topological polar surface area (TPSA) is 54.1 Å². The molecule has 0 saturated heterocycles. The highest BCUT2D eigenvalue weighted by molar-refractivity contribution is 5.94. The number of benzene rings is 2. The van der Waals surface area contributed by atoms with Gasteiger partial charge >= 0.3 is 0 Å². The summed E-state index contributed by atoms with van der Waals surface area (Å²) in [6.45, 7) is 0. The Balaban J connectivity index is 1.51. The number of carbonyl (C=O) groups excluding carboxylic acids is 1. The van der Waals surface area contributed by atoms with Crippen molar-refractivity contribution in [2.24, 2.45) is 0 Å². The molecule has 2 aromatic carbocycles. The molecule has 0 unspecified atom stereocenters. The average molecular weight is 320 g/mol. The molecule has 1 aromatic heterocycles. The summed E-state index contributed by atoms with van der Waals surface area (Å²) in [5, 5.41) is 4.45. The molecule has 0 saturated carbocycles. The molecule has 2 N–H and O–H groups in total. The van der Waals surface area contributed by atoms with Gasteiger partial charge in [0.05, 0.1) is 7.11 Å². The molecule has 1 atom stereocenters. The molecule has 1 heterocycles. The minimum absolute atomic E-state index is 0.0223. The van der Waals surface area contributed by atoms with E-state index in [1.807, 2.05) is 18.2 Å². The van der Waals surface area contributed by atoms with E-state index in [0.717, 1.165) is 25.0 Å². The van der Waals surface area contributed by atoms with E-state index in [4.69, 9.17) is 4.74 Å². The second-order valence-electron chi connectivity index (χ2n) is 6.27. The van der Waals surface area contributed by atoms with E-state index in [-0.39, 0.29) is 11.9 Å². The first kappa shape index (κ1) is 14.8. The van der Waals surface area contributed by atoms with Gasteiger partial charge in [0, 0.05) is 28.2 Å². The summed E-state index contributed by atoms with van der Waals surface area (Å²) in [4.78, 5) is 16.0. The van der Waals surface area contributed by atoms with Crippen molar-refractivity contribution >= 4 is 16.8 Å². The Morgan fingerprint density at radius 1 is 1.17 bits per heavy atom. The van der Waals surface area contributed by atoms with E-state index in [9.17, 15) is 4.79 Å². The number of para-hydroxylation sites is 1. The maximum absolute atomic E-state index is 12.5. The zero-order valence-electron chi connectivity index (χ0n) is 13.6. The van der Waals surface area contributed by atoms with Gasteiger partial charge in [0.1, 0.15) is 5.75 Å². The first-order valence-electron chi connectivity index (χ1n) is 8.28. The summed E-state index contributed by atoms with van der Waals surface area (Å²) in [5.74, 6) is 0.735. The lowest BCUT2D eigenvalue weighted by Crippen LogP contribution is -2.38. The highest BCUT2D eigenvalue weighted by atomic mass is 16.5. The van der Waals surface area contributed by atoms with Gasteiger partial charge < -0.3 is 15.0 Å². The average Bonchev–Trinajstić information content (AvgIpc) is 3.00. The Bertz CT molecular complexity index is 880. The predicted octanol–water partition coefficient (Wildman–Crippen LogP) is 3.46. The molecule has 3 aromatic rings. The van der Waals surface area contributed by atoms with Crippen molar-refractivity contribution < 1.29 is 9.53 Å². The fraction of sp³-hybridized carbons (Fsp3) is 0.250. The number of fused-ring (bicyclic) bond motifs is 3. The summed E-state index contributed by atoms with van der Waals surface area (Å²) >= 11 is 0. The fourth-order valence-corrected chi connectivity index (χ4v) is 3.50. The molecule has 0 radical (unpaired) electrons. The van der Waals surface area contributed by atoms with Crippen molar-refractivity contribution in [1.82, 2.24) is 10.3 Å². The minimum Gasteiger partial charge on any atom is -0.497 e. The number of amides is 1. The number of rotatable bonds is 3. The van der Waals surface area contributed by atoms with Gasteiger partial charge in [-0.1, -0.05) is 18.2 Å². The number of aryl methyl sites for hydroxylation is 1. The van der Waals surface area contributed by atoms with Crippen LogP contribution in [0.15, 0.2) is 48.5 Å². The monoisotopic (exact) mass is 320 g/mol. The van der Waals surface area contributed by atoms with Gasteiger partial charge in [-0.05, 0) is 55.2 Å². The first-order chi connectivity index (χ1) is 11.7. The molecule has 0 bridgehead atoms. The molecule has 24 heavy (non-hydrogen) atoms. The molecule has 4 nitrogen and oxygen atoms in total. The molecular weight excluding hydrogens is 300 g/mol. The Morgan fingerprint density at radius 2 is 1.96 bits per heavy atom. The molecule has 122 valence electrons. The fourth-order valence-electron chi connectivity index (χ4n) is 3.50. The molecule has 0 fully saturated rings. The smallest absolute Gasteiger partial charge is 0.251 e. The van der Waals surface area contributed by atoms with Crippen molar-refractivity contribution in [2.75, 3.05) is 7.11 Å². The molecule has 0 aliphatic heterocycles. The van der Waals surface area contributed by atoms with E-state index < -0.39 is 0 Å². The van der Waals surface area contributed by atoms with Crippen LogP contribution in [0.4, 0.5) is 0 Å². The highest BCUT2D eigenvalue weighted by Gasteiger charge is 2.23. The van der Waals surface area contributed by atoms with Gasteiger partial charge in [0.25, 0.3) is 5.91 Å². The number of aromatic nitrogens is 1. The van der Waals surface area contributed by atoms with E-state index in [1.165, 1.54) is 22.2 Å². The second-order valence-corrected chi connectivity index (χ2v) is 6.27. The lowest BCUT2D eigenvalue weighted by molar-refractivity contribution is 0.0933. The van der Waals surface area contributed by atoms with Crippen LogP contribution in [0.25, 0.3) is 10.9 Å². The SMILES string of the molecule is COc1ccc(C(=O)N[C@@H]2CCc3[nH]c4ccccc4c3C2)cc1. The third-order valence-corrected chi connectivity index (χ3v) is 4.78. The van der Waals surface area contributed by atoms with Crippen LogP contribution in [0.5, 0.6) is 5.75 Å². The Hall–Kier alpha value is -2.75. The maximum Gasteiger partial charge on any atom is 0.251 e. The van der Waals surface area contributed by atoms with Crippen LogP contribution in [0.3, 0.4) is 0 Å². The van der Waals surface area contributed by atoms with Crippen molar-refractivity contribution in [3.63, 3.8) is 0 Å². The second kappa shape index (κ2) is 6.04. The van der Waals surface area contributed by atoms with Gasteiger partial charge in [0.2, 0.25) is 0 Å². The lowest BCUT2D eigenvalue weighted by atomic mass is 9.91. The van der Waals surface area contributed by atoms with E-state index in [1.54, 1.807) is 19.2 Å². The highest BCUT2D eigenvalue weighted by Crippen LogP contribution is 2.29. The van der Waals surface area contributed by atoms with Crippen molar-refractivity contribution in [2.45, 2.75) is 25.3 Å². The summed E-state index contributed by atoms with van der Waals surface area (Å²) in [5.41, 5.74) is 4.51. The number of methoxy groups -OCH3 is 1. The van der Waals surface area contributed by atoms with Crippen molar-refractivity contribution in [3.8, 4) is 5.75 Å². The molecule has 1 amide bonds. The maximum atomic E-state index is 12.5. The molecule has 1 aliphatic carbocycles. The zero-order chi connectivity index (χ0) is 16.5. The third-order valence-electron chi connectivity index (χ3n) is 4.78. The number of H-pyrrole nitrogens is 1. The third kappa shape index (κ3) is 2.64. The normalized spacial score (nSPS) is 16.6. The van der Waals surface area contributed by atoms with Crippen molar-refractivity contribution in [3.05, 3.63) is 65.4 Å². The zero-order valence-corrected chi connectivity index (χ0v) is 13.6. The number of ether oxygens (including phenoxy) is 1. The number of hydrogen-bond donors (Lipinski definition) is 2. The largest absolute Gasteiger partial charge is 0.497 e. The summed E-state index contributed by atoms with van der Waals surface area (Å²) < 4.78 is 5.13. The first-order valence-corrected chi connectivity index (χ1v) is 8.28. The van der Waals surface area contributed by atoms with Crippen LogP contribution >= 0.6 is 0 Å². The van der Waals surface area contributed by atoms with Crippen LogP contribution in [0, 0.1) is 0 Å². The van der Waals surface area contributed by atoms with Crippen molar-refractivity contribution in [1.29, 1.82) is 0 Å². The van der Waals surface area contributed by atoms with Gasteiger partial charge in [-0.2, -0.15) is 0 Å². The Morgan fingerprint density at radius 3 is 2.75 bits per heavy atom. The molecule has 1 aliphatic rings. The summed E-state index contributed by atoms with van der Waals surface area (Å²) in [6.07, 6.45) is 2.81. The number of aromatic amines is 1. The van der Waals surface area contributed by atoms with Gasteiger partial charge in [-0.3, -0.25) is 4.79 Å².